The van der Waals surface area contributed by atoms with Gasteiger partial charge >= 0.3 is 0 Å². The molecule has 0 aliphatic rings. The van der Waals surface area contributed by atoms with Crippen molar-refractivity contribution in [1.82, 2.24) is 9.78 Å². The molecule has 0 spiro atoms. The van der Waals surface area contributed by atoms with Crippen molar-refractivity contribution in [2.45, 2.75) is 12.8 Å². The molecule has 29 heavy (non-hydrogen) atoms. The molecule has 0 unspecified atom stereocenters. The number of nitrogens with zero attached hydrogens (tertiary/aromatic N) is 2. The van der Waals surface area contributed by atoms with Crippen LogP contribution in [-0.4, -0.2) is 15.7 Å². The Bertz CT molecular complexity index is 1110. The molecule has 0 saturated heterocycles. The van der Waals surface area contributed by atoms with Gasteiger partial charge in [-0.15, -0.1) is 0 Å². The summed E-state index contributed by atoms with van der Waals surface area (Å²) in [5.74, 6) is -8.19. The summed E-state index contributed by atoms with van der Waals surface area (Å²) < 4.78 is 69.6. The van der Waals surface area contributed by atoms with E-state index in [0.717, 1.165) is 4.68 Å². The Morgan fingerprint density at radius 2 is 1.69 bits per heavy atom. The van der Waals surface area contributed by atoms with Gasteiger partial charge in [0.25, 0.3) is 11.8 Å². The minimum atomic E-state index is -3.46. The van der Waals surface area contributed by atoms with Crippen LogP contribution in [0.3, 0.4) is 0 Å². The molecule has 2 aromatic carbocycles. The predicted octanol–water partition coefficient (Wildman–Crippen LogP) is 5.52. The summed E-state index contributed by atoms with van der Waals surface area (Å²) in [6, 6.07) is 6.67. The third kappa shape index (κ3) is 3.95. The monoisotopic (exact) mass is 429 g/mol. The zero-order chi connectivity index (χ0) is 21.5. The first-order chi connectivity index (χ1) is 13.5. The Balaban J connectivity index is 2.06. The highest BCUT2D eigenvalue weighted by molar-refractivity contribution is 6.33. The lowest BCUT2D eigenvalue weighted by molar-refractivity contribution is 0.0113. The minimum absolute atomic E-state index is 0.0158. The van der Waals surface area contributed by atoms with Crippen molar-refractivity contribution < 1.29 is 26.7 Å². The van der Waals surface area contributed by atoms with Crippen LogP contribution in [0.4, 0.5) is 27.6 Å². The number of carbonyl (C=O) groups is 1. The summed E-state index contributed by atoms with van der Waals surface area (Å²) in [6.45, 7) is 0.563. The molecule has 0 radical (unpaired) electrons. The third-order valence-electron chi connectivity index (χ3n) is 4.10. The SMILES string of the molecule is Cn1nc(C(C)(F)F)c(C(=O)Nc2ccccc2-c2cc(F)c(F)cc2F)c1Cl. The van der Waals surface area contributed by atoms with Gasteiger partial charge in [0.1, 0.15) is 22.2 Å². The Morgan fingerprint density at radius 1 is 1.07 bits per heavy atom. The summed E-state index contributed by atoms with van der Waals surface area (Å²) in [5, 5.41) is 5.62. The number of anilines is 1. The van der Waals surface area contributed by atoms with E-state index in [-0.39, 0.29) is 22.0 Å². The first kappa shape index (κ1) is 20.8. The topological polar surface area (TPSA) is 46.9 Å². The summed E-state index contributed by atoms with van der Waals surface area (Å²) in [5.41, 5.74) is -1.71. The van der Waals surface area contributed by atoms with Crippen molar-refractivity contribution in [3.05, 3.63) is 70.3 Å². The fourth-order valence-corrected chi connectivity index (χ4v) is 2.97. The number of aryl methyl sites for hydroxylation is 1. The number of para-hydroxylation sites is 1. The fourth-order valence-electron chi connectivity index (χ4n) is 2.75. The second-order valence-corrected chi connectivity index (χ2v) is 6.63. The van der Waals surface area contributed by atoms with Crippen molar-refractivity contribution in [1.29, 1.82) is 0 Å². The zero-order valence-electron chi connectivity index (χ0n) is 15.0. The quantitative estimate of drug-likeness (QED) is 0.438. The lowest BCUT2D eigenvalue weighted by Crippen LogP contribution is -2.19. The maximum absolute atomic E-state index is 14.2. The van der Waals surface area contributed by atoms with Crippen LogP contribution in [0.15, 0.2) is 36.4 Å². The number of benzene rings is 2. The van der Waals surface area contributed by atoms with Crippen molar-refractivity contribution in [3.63, 3.8) is 0 Å². The fraction of sp³-hybridized carbons (Fsp3) is 0.158. The van der Waals surface area contributed by atoms with Crippen LogP contribution in [0.5, 0.6) is 0 Å². The number of amides is 1. The van der Waals surface area contributed by atoms with Gasteiger partial charge in [0.05, 0.1) is 0 Å². The van der Waals surface area contributed by atoms with E-state index in [1.165, 1.54) is 31.3 Å². The number of hydrogen-bond acceptors (Lipinski definition) is 2. The maximum Gasteiger partial charge on any atom is 0.289 e. The first-order valence-electron chi connectivity index (χ1n) is 8.16. The Morgan fingerprint density at radius 3 is 2.34 bits per heavy atom. The second-order valence-electron chi connectivity index (χ2n) is 6.27. The third-order valence-corrected chi connectivity index (χ3v) is 4.53. The van der Waals surface area contributed by atoms with Crippen molar-refractivity contribution in [2.75, 3.05) is 5.32 Å². The molecule has 1 aromatic heterocycles. The van der Waals surface area contributed by atoms with Crippen LogP contribution in [0.1, 0.15) is 23.0 Å². The van der Waals surface area contributed by atoms with Crippen LogP contribution in [0.2, 0.25) is 5.15 Å². The average Bonchev–Trinajstić information content (AvgIpc) is 2.94. The van der Waals surface area contributed by atoms with Gasteiger partial charge in [-0.25, -0.2) is 13.2 Å². The number of halogens is 6. The molecule has 1 amide bonds. The predicted molar refractivity (Wildman–Crippen MR) is 97.5 cm³/mol. The largest absolute Gasteiger partial charge is 0.321 e. The van der Waals surface area contributed by atoms with Gasteiger partial charge in [-0.2, -0.15) is 13.9 Å². The minimum Gasteiger partial charge on any atom is -0.321 e. The van der Waals surface area contributed by atoms with Gasteiger partial charge in [-0.1, -0.05) is 29.8 Å². The summed E-state index contributed by atoms with van der Waals surface area (Å²) in [6.07, 6.45) is 0. The molecule has 0 aliphatic heterocycles. The van der Waals surface area contributed by atoms with Gasteiger partial charge in [0, 0.05) is 36.9 Å². The van der Waals surface area contributed by atoms with Crippen LogP contribution in [0, 0.1) is 17.5 Å². The van der Waals surface area contributed by atoms with Crippen molar-refractivity contribution in [2.24, 2.45) is 7.05 Å². The molecule has 0 saturated carbocycles. The van der Waals surface area contributed by atoms with Crippen LogP contribution in [0.25, 0.3) is 11.1 Å². The van der Waals surface area contributed by atoms with Crippen molar-refractivity contribution >= 4 is 23.2 Å². The Hall–Kier alpha value is -2.94. The lowest BCUT2D eigenvalue weighted by atomic mass is 10.0. The molecular weight excluding hydrogens is 417 g/mol. The number of hydrogen-bond donors (Lipinski definition) is 1. The van der Waals surface area contributed by atoms with Crippen LogP contribution < -0.4 is 5.32 Å². The van der Waals surface area contributed by atoms with Gasteiger partial charge in [-0.3, -0.25) is 9.48 Å². The van der Waals surface area contributed by atoms with E-state index in [9.17, 15) is 26.7 Å². The molecule has 1 heterocycles. The molecule has 0 bridgehead atoms. The van der Waals surface area contributed by atoms with E-state index in [2.05, 4.69) is 10.4 Å². The highest BCUT2D eigenvalue weighted by Crippen LogP contribution is 2.35. The number of carbonyl (C=O) groups excluding carboxylic acids is 1. The number of aromatic nitrogens is 2. The molecule has 0 fully saturated rings. The Kier molecular flexibility index (Phi) is 5.36. The van der Waals surface area contributed by atoms with Gasteiger partial charge in [-0.05, 0) is 12.1 Å². The smallest absolute Gasteiger partial charge is 0.289 e. The maximum atomic E-state index is 14.2. The molecule has 0 aliphatic carbocycles. The highest BCUT2D eigenvalue weighted by Gasteiger charge is 2.36. The Labute approximate surface area is 166 Å². The van der Waals surface area contributed by atoms with E-state index in [4.69, 9.17) is 11.6 Å². The summed E-state index contributed by atoms with van der Waals surface area (Å²) in [4.78, 5) is 12.7. The molecule has 152 valence electrons. The van der Waals surface area contributed by atoms with Crippen LogP contribution >= 0.6 is 11.6 Å². The summed E-state index contributed by atoms with van der Waals surface area (Å²) >= 11 is 5.96. The number of rotatable bonds is 4. The van der Waals surface area contributed by atoms with Crippen molar-refractivity contribution in [3.8, 4) is 11.1 Å². The molecule has 1 N–H and O–H groups in total. The number of alkyl halides is 2. The lowest BCUT2D eigenvalue weighted by Gasteiger charge is -2.14. The molecule has 3 rings (SSSR count). The van der Waals surface area contributed by atoms with E-state index in [1.807, 2.05) is 0 Å². The normalized spacial score (nSPS) is 11.6. The number of nitrogens with one attached hydrogen (secondary N) is 1. The average molecular weight is 430 g/mol. The van der Waals surface area contributed by atoms with Crippen LogP contribution in [-0.2, 0) is 13.0 Å². The molecule has 10 heteroatoms. The first-order valence-corrected chi connectivity index (χ1v) is 8.54. The standard InChI is InChI=1S/C19H13ClF5N3O/c1-19(24,25)16-15(17(20)28(2)27-16)18(29)26-14-6-4-3-5-9(14)10-7-12(22)13(23)8-11(10)21/h3-8H,1-2H3,(H,26,29). The van der Waals surface area contributed by atoms with E-state index in [1.54, 1.807) is 0 Å². The molecule has 0 atom stereocenters. The van der Waals surface area contributed by atoms with Gasteiger partial charge < -0.3 is 5.32 Å². The molecule has 4 nitrogen and oxygen atoms in total. The highest BCUT2D eigenvalue weighted by atomic mass is 35.5. The van der Waals surface area contributed by atoms with Gasteiger partial charge in [0.2, 0.25) is 0 Å². The van der Waals surface area contributed by atoms with E-state index in [0.29, 0.717) is 19.1 Å². The van der Waals surface area contributed by atoms with E-state index < -0.39 is 40.5 Å². The second kappa shape index (κ2) is 7.47. The van der Waals surface area contributed by atoms with E-state index >= 15 is 0 Å². The zero-order valence-corrected chi connectivity index (χ0v) is 15.8. The van der Waals surface area contributed by atoms with Gasteiger partial charge in [0.15, 0.2) is 11.6 Å². The molecule has 3 aromatic rings. The summed E-state index contributed by atoms with van der Waals surface area (Å²) in [7, 11) is 1.29. The molecular formula is C19H13ClF5N3O.